The van der Waals surface area contributed by atoms with Crippen LogP contribution in [0.25, 0.3) is 11.1 Å². The number of benzene rings is 5. The van der Waals surface area contributed by atoms with Crippen LogP contribution in [0.3, 0.4) is 0 Å². The molecule has 5 aromatic carbocycles. The van der Waals surface area contributed by atoms with E-state index in [2.05, 4.69) is 38.7 Å². The van der Waals surface area contributed by atoms with E-state index in [4.69, 9.17) is 4.74 Å². The van der Waals surface area contributed by atoms with Crippen LogP contribution in [-0.4, -0.2) is 65.8 Å². The van der Waals surface area contributed by atoms with Crippen molar-refractivity contribution in [3.63, 3.8) is 0 Å². The van der Waals surface area contributed by atoms with Gasteiger partial charge in [-0.3, -0.25) is 19.7 Å². The maximum Gasteiger partial charge on any atom is 0.407 e. The van der Waals surface area contributed by atoms with Crippen LogP contribution in [0.2, 0.25) is 0 Å². The summed E-state index contributed by atoms with van der Waals surface area (Å²) in [4.78, 5) is 56.0. The van der Waals surface area contributed by atoms with E-state index in [1.165, 1.54) is 0 Å². The molecule has 62 heavy (non-hydrogen) atoms. The van der Waals surface area contributed by atoms with Crippen molar-refractivity contribution in [1.82, 2.24) is 26.6 Å². The van der Waals surface area contributed by atoms with Crippen LogP contribution >= 0.6 is 0 Å². The molecule has 11 heteroatoms. The van der Waals surface area contributed by atoms with E-state index < -0.39 is 53.6 Å². The van der Waals surface area contributed by atoms with Crippen molar-refractivity contribution >= 4 is 23.8 Å². The van der Waals surface area contributed by atoms with Crippen molar-refractivity contribution in [2.45, 2.75) is 90.3 Å². The highest BCUT2D eigenvalue weighted by Crippen LogP contribution is 2.44. The Kier molecular flexibility index (Phi) is 15.3. The fourth-order valence-corrected chi connectivity index (χ4v) is 7.92. The highest BCUT2D eigenvalue weighted by Gasteiger charge is 2.40. The Balaban J connectivity index is 1.21. The largest absolute Gasteiger partial charge is 0.449 e. The van der Waals surface area contributed by atoms with Crippen molar-refractivity contribution in [3.8, 4) is 11.1 Å². The van der Waals surface area contributed by atoms with Gasteiger partial charge in [-0.05, 0) is 56.7 Å². The topological polar surface area (TPSA) is 158 Å². The Bertz CT molecular complexity index is 2220. The summed E-state index contributed by atoms with van der Waals surface area (Å²) in [5.74, 6) is -2.00. The molecule has 4 amide bonds. The van der Waals surface area contributed by atoms with Gasteiger partial charge in [0.25, 0.3) is 0 Å². The lowest BCUT2D eigenvalue weighted by atomic mass is 9.85. The average Bonchev–Trinajstić information content (AvgIpc) is 3.59. The van der Waals surface area contributed by atoms with E-state index in [-0.39, 0.29) is 43.9 Å². The minimum atomic E-state index is -1.50. The van der Waals surface area contributed by atoms with Crippen molar-refractivity contribution in [1.29, 1.82) is 0 Å². The van der Waals surface area contributed by atoms with Crippen molar-refractivity contribution in [2.75, 3.05) is 6.61 Å². The number of carbonyl (C=O) groups is 4. The molecule has 0 heterocycles. The molecule has 0 aliphatic heterocycles. The lowest BCUT2D eigenvalue weighted by Gasteiger charge is -2.35. The number of amides is 4. The molecule has 11 nitrogen and oxygen atoms in total. The number of fused-ring (bicyclic) bond motifs is 3. The Labute approximate surface area is 365 Å². The summed E-state index contributed by atoms with van der Waals surface area (Å²) >= 11 is 0. The number of hydrogen-bond acceptors (Lipinski definition) is 7. The number of aliphatic hydroxyl groups is 1. The predicted octanol–water partition coefficient (Wildman–Crippen LogP) is 6.64. The highest BCUT2D eigenvalue weighted by atomic mass is 16.5. The normalized spacial score (nSPS) is 14.6. The number of rotatable bonds is 18. The van der Waals surface area contributed by atoms with Gasteiger partial charge in [0, 0.05) is 19.0 Å². The van der Waals surface area contributed by atoms with Gasteiger partial charge in [0.1, 0.15) is 24.7 Å². The molecule has 0 saturated carbocycles. The fraction of sp³-hybridized carbons (Fsp3) is 0.333. The first kappa shape index (κ1) is 45.2. The van der Waals surface area contributed by atoms with Crippen molar-refractivity contribution in [3.05, 3.63) is 167 Å². The summed E-state index contributed by atoms with van der Waals surface area (Å²) < 4.78 is 5.85. The molecule has 0 aromatic heterocycles. The highest BCUT2D eigenvalue weighted by molar-refractivity contribution is 5.91. The van der Waals surface area contributed by atoms with Crippen molar-refractivity contribution < 1.29 is 29.0 Å². The summed E-state index contributed by atoms with van der Waals surface area (Å²) in [6.07, 6.45) is -2.11. The van der Waals surface area contributed by atoms with Gasteiger partial charge in [-0.15, -0.1) is 0 Å². The lowest BCUT2D eigenvalue weighted by Crippen LogP contribution is -2.63. The molecule has 1 aliphatic rings. The Morgan fingerprint density at radius 2 is 1.10 bits per heavy atom. The number of nitrogens with one attached hydrogen (secondary N) is 5. The van der Waals surface area contributed by atoms with Crippen LogP contribution in [0.15, 0.2) is 140 Å². The minimum Gasteiger partial charge on any atom is -0.449 e. The third kappa shape index (κ3) is 11.7. The first-order valence-corrected chi connectivity index (χ1v) is 21.3. The molecule has 0 fully saturated rings. The molecule has 0 saturated heterocycles. The number of hydrogen-bond donors (Lipinski definition) is 6. The van der Waals surface area contributed by atoms with Gasteiger partial charge < -0.3 is 31.1 Å². The molecule has 6 rings (SSSR count). The van der Waals surface area contributed by atoms with Gasteiger partial charge in [0.15, 0.2) is 0 Å². The Morgan fingerprint density at radius 3 is 1.63 bits per heavy atom. The molecule has 0 radical (unpaired) electrons. The molecule has 5 atom stereocenters. The third-order valence-electron chi connectivity index (χ3n) is 11.3. The van der Waals surface area contributed by atoms with Crippen LogP contribution < -0.4 is 26.6 Å². The van der Waals surface area contributed by atoms with Gasteiger partial charge in [-0.2, -0.15) is 0 Å². The second kappa shape index (κ2) is 21.0. The lowest BCUT2D eigenvalue weighted by molar-refractivity contribution is -0.134. The number of carbonyl (C=O) groups excluding carboxylic acids is 4. The summed E-state index contributed by atoms with van der Waals surface area (Å²) in [5.41, 5.74) is 6.12. The number of aliphatic hydroxyl groups excluding tert-OH is 1. The molecular weight excluding hydrogens is 779 g/mol. The average molecular weight is 838 g/mol. The Morgan fingerprint density at radius 1 is 0.597 bits per heavy atom. The molecular formula is C51H59N5O6. The maximum absolute atomic E-state index is 14.5. The molecule has 0 bridgehead atoms. The van der Waals surface area contributed by atoms with Crippen LogP contribution in [0, 0.1) is 11.3 Å². The molecule has 324 valence electrons. The van der Waals surface area contributed by atoms with Gasteiger partial charge in [0.05, 0.1) is 12.1 Å². The van der Waals surface area contributed by atoms with Crippen LogP contribution in [-0.2, 0) is 38.6 Å². The standard InChI is InChI=1S/C51H59N5O6/c1-33(2)43(47(58)53-31-36-23-13-8-14-24-36)55-48(59)44(52-30-35-21-11-7-12-22-35)45(57)42(29-34-19-9-6-10-20-34)54-49(60)46(51(3,4)5)56-50(61)62-32-41-39-27-17-15-25-37(39)38-26-16-18-28-40(38)41/h6-28,33,41-46,52,57H,29-32H2,1-5H3,(H,53,58)(H,54,60)(H,55,59)(H,56,61)/t42-,43-,44+,45+,46+/m0/s1. The van der Waals surface area contributed by atoms with E-state index >= 15 is 0 Å². The first-order valence-electron chi connectivity index (χ1n) is 21.3. The summed E-state index contributed by atoms with van der Waals surface area (Å²) in [7, 11) is 0. The fourth-order valence-electron chi connectivity index (χ4n) is 7.92. The van der Waals surface area contributed by atoms with E-state index in [1.807, 2.05) is 162 Å². The third-order valence-corrected chi connectivity index (χ3v) is 11.3. The molecule has 1 aliphatic carbocycles. The quantitative estimate of drug-likeness (QED) is 0.0578. The predicted molar refractivity (Wildman–Crippen MR) is 242 cm³/mol. The zero-order chi connectivity index (χ0) is 44.2. The van der Waals surface area contributed by atoms with E-state index in [9.17, 15) is 24.3 Å². The zero-order valence-electron chi connectivity index (χ0n) is 36.1. The van der Waals surface area contributed by atoms with Crippen molar-refractivity contribution in [2.24, 2.45) is 11.3 Å². The van der Waals surface area contributed by atoms with Crippen LogP contribution in [0.5, 0.6) is 0 Å². The van der Waals surface area contributed by atoms with Crippen LogP contribution in [0.4, 0.5) is 4.79 Å². The van der Waals surface area contributed by atoms with Gasteiger partial charge in [-0.1, -0.05) is 174 Å². The summed E-state index contributed by atoms with van der Waals surface area (Å²) in [5, 5.41) is 27.2. The Hall–Kier alpha value is -6.30. The molecule has 6 N–H and O–H groups in total. The second-order valence-corrected chi connectivity index (χ2v) is 17.3. The molecule has 0 spiro atoms. The minimum absolute atomic E-state index is 0.0687. The van der Waals surface area contributed by atoms with Gasteiger partial charge in [-0.25, -0.2) is 4.79 Å². The molecule has 5 aromatic rings. The monoisotopic (exact) mass is 837 g/mol. The van der Waals surface area contributed by atoms with Crippen LogP contribution in [0.1, 0.15) is 68.4 Å². The number of ether oxygens (including phenoxy) is 1. The van der Waals surface area contributed by atoms with E-state index in [0.717, 1.165) is 38.9 Å². The van der Waals surface area contributed by atoms with E-state index in [0.29, 0.717) is 0 Å². The van der Waals surface area contributed by atoms with Gasteiger partial charge in [0.2, 0.25) is 17.7 Å². The second-order valence-electron chi connectivity index (χ2n) is 17.3. The molecule has 0 unspecified atom stereocenters. The summed E-state index contributed by atoms with van der Waals surface area (Å²) in [6.45, 7) is 9.72. The SMILES string of the molecule is CC(C)[C@H](NC(=O)[C@H](NCc1ccccc1)[C@H](O)[C@H](Cc1ccccc1)NC(=O)[C@@H](NC(=O)OCC1c2ccccc2-c2ccccc21)C(C)(C)C)C(=O)NCc1ccccc1. The van der Waals surface area contributed by atoms with Gasteiger partial charge >= 0.3 is 6.09 Å². The van der Waals surface area contributed by atoms with E-state index in [1.54, 1.807) is 0 Å². The summed E-state index contributed by atoms with van der Waals surface area (Å²) in [6, 6.07) is 40.0. The zero-order valence-corrected chi connectivity index (χ0v) is 36.1. The first-order chi connectivity index (χ1) is 29.8. The number of alkyl carbamates (subject to hydrolysis) is 1. The smallest absolute Gasteiger partial charge is 0.407 e. The maximum atomic E-state index is 14.5.